The van der Waals surface area contributed by atoms with Crippen molar-refractivity contribution in [1.29, 1.82) is 0 Å². The molecule has 80 valence electrons. The van der Waals surface area contributed by atoms with E-state index in [9.17, 15) is 9.90 Å². The Hall–Kier alpha value is -1.87. The molecule has 3 rings (SSSR count). The minimum Gasteiger partial charge on any atom is -0.479 e. The SMILES string of the molecule is O=C(O)C1(O)Cc2cccc3cccc1c23. The summed E-state index contributed by atoms with van der Waals surface area (Å²) in [6.07, 6.45) is 0.152. The Bertz CT molecular complexity index is 598. The fourth-order valence-corrected chi connectivity index (χ4v) is 2.47. The molecule has 1 atom stereocenters. The number of aliphatic hydroxyl groups is 1. The molecular formula is C13H10O3. The number of benzene rings is 2. The fourth-order valence-electron chi connectivity index (χ4n) is 2.47. The predicted molar refractivity (Wildman–Crippen MR) is 59.2 cm³/mol. The van der Waals surface area contributed by atoms with Crippen LogP contribution in [0, 0.1) is 0 Å². The van der Waals surface area contributed by atoms with E-state index in [0.717, 1.165) is 16.3 Å². The largest absolute Gasteiger partial charge is 0.479 e. The maximum atomic E-state index is 11.2. The predicted octanol–water partition coefficient (Wildman–Crippen LogP) is 1.67. The Morgan fingerprint density at radius 1 is 1.19 bits per heavy atom. The number of carboxylic acid groups (broad SMARTS) is 1. The molecule has 2 aromatic carbocycles. The lowest BCUT2D eigenvalue weighted by molar-refractivity contribution is -0.159. The van der Waals surface area contributed by atoms with Gasteiger partial charge in [0.2, 0.25) is 0 Å². The Balaban J connectivity index is 2.42. The fraction of sp³-hybridized carbons (Fsp3) is 0.154. The zero-order valence-electron chi connectivity index (χ0n) is 8.47. The molecular weight excluding hydrogens is 204 g/mol. The standard InChI is InChI=1S/C13H10O3/c14-12(15)13(16)7-9-5-1-3-8-4-2-6-10(13)11(8)9/h1-6,16H,7H2,(H,14,15). The second-order valence-electron chi connectivity index (χ2n) is 4.16. The highest BCUT2D eigenvalue weighted by Gasteiger charge is 2.44. The Morgan fingerprint density at radius 2 is 1.88 bits per heavy atom. The van der Waals surface area contributed by atoms with Gasteiger partial charge in [0, 0.05) is 12.0 Å². The van der Waals surface area contributed by atoms with Gasteiger partial charge in [-0.05, 0) is 16.3 Å². The van der Waals surface area contributed by atoms with E-state index < -0.39 is 11.6 Å². The lowest BCUT2D eigenvalue weighted by Crippen LogP contribution is -2.34. The van der Waals surface area contributed by atoms with Gasteiger partial charge in [0.1, 0.15) is 0 Å². The van der Waals surface area contributed by atoms with Gasteiger partial charge >= 0.3 is 5.97 Å². The summed E-state index contributed by atoms with van der Waals surface area (Å²) in [4.78, 5) is 11.2. The second kappa shape index (κ2) is 2.83. The van der Waals surface area contributed by atoms with Gasteiger partial charge in [-0.15, -0.1) is 0 Å². The first-order valence-corrected chi connectivity index (χ1v) is 5.10. The molecule has 0 saturated heterocycles. The molecule has 0 fully saturated rings. The third-order valence-electron chi connectivity index (χ3n) is 3.24. The molecule has 0 radical (unpaired) electrons. The van der Waals surface area contributed by atoms with Crippen LogP contribution in [0.1, 0.15) is 11.1 Å². The summed E-state index contributed by atoms with van der Waals surface area (Å²) >= 11 is 0. The number of rotatable bonds is 1. The van der Waals surface area contributed by atoms with E-state index in [-0.39, 0.29) is 6.42 Å². The first-order valence-electron chi connectivity index (χ1n) is 5.10. The Labute approximate surface area is 92.0 Å². The van der Waals surface area contributed by atoms with Gasteiger partial charge in [0.05, 0.1) is 0 Å². The van der Waals surface area contributed by atoms with Crippen LogP contribution in [0.4, 0.5) is 0 Å². The van der Waals surface area contributed by atoms with Crippen LogP contribution in [-0.4, -0.2) is 16.2 Å². The molecule has 2 aromatic rings. The van der Waals surface area contributed by atoms with Crippen LogP contribution in [0.5, 0.6) is 0 Å². The van der Waals surface area contributed by atoms with Crippen LogP contribution >= 0.6 is 0 Å². The molecule has 0 aliphatic heterocycles. The number of hydrogen-bond acceptors (Lipinski definition) is 2. The van der Waals surface area contributed by atoms with E-state index in [1.807, 2.05) is 24.3 Å². The normalized spacial score (nSPS) is 22.6. The first-order chi connectivity index (χ1) is 7.63. The summed E-state index contributed by atoms with van der Waals surface area (Å²) in [6, 6.07) is 11.1. The van der Waals surface area contributed by atoms with E-state index in [2.05, 4.69) is 0 Å². The highest BCUT2D eigenvalue weighted by Crippen LogP contribution is 2.40. The Morgan fingerprint density at radius 3 is 2.56 bits per heavy atom. The summed E-state index contributed by atoms with van der Waals surface area (Å²) in [5.74, 6) is -1.18. The van der Waals surface area contributed by atoms with E-state index in [4.69, 9.17) is 5.11 Å². The molecule has 3 nitrogen and oxygen atoms in total. The maximum Gasteiger partial charge on any atom is 0.340 e. The summed E-state index contributed by atoms with van der Waals surface area (Å²) in [7, 11) is 0. The van der Waals surface area contributed by atoms with Crippen molar-refractivity contribution in [3.63, 3.8) is 0 Å². The van der Waals surface area contributed by atoms with Crippen LogP contribution in [0.2, 0.25) is 0 Å². The van der Waals surface area contributed by atoms with Gasteiger partial charge in [0.25, 0.3) is 0 Å². The topological polar surface area (TPSA) is 57.5 Å². The van der Waals surface area contributed by atoms with Crippen molar-refractivity contribution >= 4 is 16.7 Å². The molecule has 0 saturated carbocycles. The molecule has 3 heteroatoms. The smallest absolute Gasteiger partial charge is 0.340 e. The van der Waals surface area contributed by atoms with Gasteiger partial charge in [-0.1, -0.05) is 36.4 Å². The van der Waals surface area contributed by atoms with Gasteiger partial charge in [-0.3, -0.25) is 0 Å². The first kappa shape index (κ1) is 9.36. The molecule has 1 unspecified atom stereocenters. The van der Waals surface area contributed by atoms with Crippen LogP contribution in [0.25, 0.3) is 10.8 Å². The molecule has 16 heavy (non-hydrogen) atoms. The van der Waals surface area contributed by atoms with Crippen molar-refractivity contribution < 1.29 is 15.0 Å². The van der Waals surface area contributed by atoms with Gasteiger partial charge < -0.3 is 10.2 Å². The van der Waals surface area contributed by atoms with Gasteiger partial charge in [-0.25, -0.2) is 4.79 Å². The average molecular weight is 214 g/mol. The van der Waals surface area contributed by atoms with Gasteiger partial charge in [0.15, 0.2) is 5.60 Å². The van der Waals surface area contributed by atoms with E-state index in [1.54, 1.807) is 12.1 Å². The van der Waals surface area contributed by atoms with Gasteiger partial charge in [-0.2, -0.15) is 0 Å². The maximum absolute atomic E-state index is 11.2. The van der Waals surface area contributed by atoms with E-state index >= 15 is 0 Å². The van der Waals surface area contributed by atoms with Crippen molar-refractivity contribution in [1.82, 2.24) is 0 Å². The zero-order valence-corrected chi connectivity index (χ0v) is 8.47. The lowest BCUT2D eigenvalue weighted by Gasteiger charge is -2.18. The minimum absolute atomic E-state index is 0.152. The van der Waals surface area contributed by atoms with Crippen molar-refractivity contribution in [2.45, 2.75) is 12.0 Å². The number of hydrogen-bond donors (Lipinski definition) is 2. The van der Waals surface area contributed by atoms with Crippen LogP contribution in [0.15, 0.2) is 36.4 Å². The molecule has 0 bridgehead atoms. The Kier molecular flexibility index (Phi) is 1.66. The van der Waals surface area contributed by atoms with E-state index in [1.165, 1.54) is 0 Å². The van der Waals surface area contributed by atoms with E-state index in [0.29, 0.717) is 5.56 Å². The quantitative estimate of drug-likeness (QED) is 0.759. The third-order valence-corrected chi connectivity index (χ3v) is 3.24. The second-order valence-corrected chi connectivity index (χ2v) is 4.16. The summed E-state index contributed by atoms with van der Waals surface area (Å²) in [5, 5.41) is 21.2. The van der Waals surface area contributed by atoms with Crippen molar-refractivity contribution in [3.8, 4) is 0 Å². The molecule has 0 heterocycles. The van der Waals surface area contributed by atoms with Crippen LogP contribution in [-0.2, 0) is 16.8 Å². The number of carboxylic acids is 1. The minimum atomic E-state index is -1.76. The average Bonchev–Trinajstić information content (AvgIpc) is 2.57. The molecule has 0 spiro atoms. The van der Waals surface area contributed by atoms with Crippen LogP contribution in [0.3, 0.4) is 0 Å². The summed E-state index contributed by atoms with van der Waals surface area (Å²) < 4.78 is 0. The number of aliphatic carboxylic acids is 1. The van der Waals surface area contributed by atoms with Crippen molar-refractivity contribution in [3.05, 3.63) is 47.5 Å². The van der Waals surface area contributed by atoms with Crippen molar-refractivity contribution in [2.24, 2.45) is 0 Å². The summed E-state index contributed by atoms with van der Waals surface area (Å²) in [5.41, 5.74) is -0.352. The highest BCUT2D eigenvalue weighted by atomic mass is 16.4. The number of carbonyl (C=O) groups is 1. The summed E-state index contributed by atoms with van der Waals surface area (Å²) in [6.45, 7) is 0. The lowest BCUT2D eigenvalue weighted by atomic mass is 9.95. The third kappa shape index (κ3) is 0.981. The molecule has 0 aromatic heterocycles. The molecule has 1 aliphatic carbocycles. The molecule has 1 aliphatic rings. The highest BCUT2D eigenvalue weighted by molar-refractivity contribution is 5.97. The zero-order chi connectivity index (χ0) is 11.3. The molecule has 0 amide bonds. The molecule has 2 N–H and O–H groups in total. The van der Waals surface area contributed by atoms with Crippen LogP contribution < -0.4 is 0 Å². The monoisotopic (exact) mass is 214 g/mol. The van der Waals surface area contributed by atoms with Crippen molar-refractivity contribution in [2.75, 3.05) is 0 Å².